The Balaban J connectivity index is 0.00000109. The van der Waals surface area contributed by atoms with Crippen LogP contribution in [0.4, 0.5) is 0 Å². The molecule has 0 heterocycles. The molecule has 3 heteroatoms. The van der Waals surface area contributed by atoms with Crippen molar-refractivity contribution in [2.24, 2.45) is 0 Å². The molecule has 0 unspecified atom stereocenters. The van der Waals surface area contributed by atoms with Crippen LogP contribution in [0.5, 0.6) is 0 Å². The first-order valence-electron chi connectivity index (χ1n) is 9.24. The van der Waals surface area contributed by atoms with Crippen molar-refractivity contribution in [1.29, 1.82) is 0 Å². The van der Waals surface area contributed by atoms with Crippen molar-refractivity contribution in [3.63, 3.8) is 0 Å². The van der Waals surface area contributed by atoms with Gasteiger partial charge in [0.05, 0.1) is 0 Å². The van der Waals surface area contributed by atoms with Crippen molar-refractivity contribution >= 4 is 53.5 Å². The number of hydrogen-bond donors (Lipinski definition) is 0. The molecule has 4 aromatic rings. The molecule has 0 aliphatic heterocycles. The average molecular weight is 517 g/mol. The van der Waals surface area contributed by atoms with Gasteiger partial charge in [-0.25, -0.2) is 0 Å². The van der Waals surface area contributed by atoms with Crippen molar-refractivity contribution in [2.45, 2.75) is 6.16 Å². The molecule has 0 aliphatic rings. The van der Waals surface area contributed by atoms with Crippen LogP contribution in [0.15, 0.2) is 121 Å². The van der Waals surface area contributed by atoms with E-state index in [2.05, 4.69) is 130 Å². The van der Waals surface area contributed by atoms with Gasteiger partial charge in [0.2, 0.25) is 0 Å². The van der Waals surface area contributed by atoms with Crippen LogP contribution in [0, 0.1) is 0 Å². The Morgan fingerprint density at radius 1 is 0.464 bits per heavy atom. The van der Waals surface area contributed by atoms with E-state index in [4.69, 9.17) is 0 Å². The average Bonchev–Trinajstić information content (AvgIpc) is 2.81. The molecular formula is C25H23ClIP. The van der Waals surface area contributed by atoms with Crippen LogP contribution in [0.3, 0.4) is 0 Å². The molecular weight excluding hydrogens is 494 g/mol. The maximum absolute atomic E-state index is 4.61. The van der Waals surface area contributed by atoms with E-state index >= 15 is 0 Å². The summed E-state index contributed by atoms with van der Waals surface area (Å²) in [6, 6.07) is 44.2. The van der Waals surface area contributed by atoms with E-state index in [0.29, 0.717) is 0 Å². The molecule has 0 fully saturated rings. The summed E-state index contributed by atoms with van der Waals surface area (Å²) in [5.74, 6) is 0. The van der Waals surface area contributed by atoms with E-state index in [1.54, 1.807) is 21.5 Å². The first-order valence-corrected chi connectivity index (χ1v) is 14.2. The maximum atomic E-state index is 4.61. The molecule has 0 radical (unpaired) electrons. The Bertz CT molecular complexity index is 848. The van der Waals surface area contributed by atoms with Gasteiger partial charge < -0.3 is 0 Å². The second-order valence-electron chi connectivity index (χ2n) is 6.67. The second-order valence-corrected chi connectivity index (χ2v) is 10.6. The van der Waals surface area contributed by atoms with Gasteiger partial charge in [0, 0.05) is 21.5 Å². The zero-order valence-electron chi connectivity index (χ0n) is 15.5. The number of rotatable bonds is 5. The van der Waals surface area contributed by atoms with Crippen LogP contribution < -0.4 is 15.9 Å². The van der Waals surface area contributed by atoms with Gasteiger partial charge in [0.1, 0.15) is 0 Å². The van der Waals surface area contributed by atoms with Crippen LogP contribution in [0.2, 0.25) is 0 Å². The van der Waals surface area contributed by atoms with Crippen LogP contribution in [-0.4, -0.2) is 0 Å². The molecule has 0 saturated carbocycles. The van der Waals surface area contributed by atoms with Crippen molar-refractivity contribution in [3.8, 4) is 0 Å². The normalized spacial score (nSPS) is 11.2. The van der Waals surface area contributed by atoms with Crippen molar-refractivity contribution < 1.29 is 0 Å². The number of halogens is 2. The molecule has 0 aliphatic carbocycles. The van der Waals surface area contributed by atoms with Gasteiger partial charge in [-0.15, -0.1) is 0 Å². The number of benzene rings is 4. The van der Waals surface area contributed by atoms with E-state index in [1.165, 1.54) is 21.5 Å². The molecule has 0 bridgehead atoms. The summed E-state index contributed by atoms with van der Waals surface area (Å²) in [5.41, 5.74) is 1.40. The Morgan fingerprint density at radius 2 is 0.750 bits per heavy atom. The van der Waals surface area contributed by atoms with Crippen LogP contribution in [-0.2, 0) is 6.16 Å². The van der Waals surface area contributed by atoms with Crippen LogP contribution in [0.1, 0.15) is 5.56 Å². The Morgan fingerprint density at radius 3 is 1.07 bits per heavy atom. The number of hydrogen-bond acceptors (Lipinski definition) is 0. The summed E-state index contributed by atoms with van der Waals surface area (Å²) in [5, 5.41) is 4.38. The van der Waals surface area contributed by atoms with Gasteiger partial charge in [-0.2, -0.15) is 0 Å². The molecule has 4 rings (SSSR count). The fourth-order valence-electron chi connectivity index (χ4n) is 3.88. The van der Waals surface area contributed by atoms with Gasteiger partial charge in [-0.3, -0.25) is 0 Å². The fourth-order valence-corrected chi connectivity index (χ4v) is 8.62. The first-order chi connectivity index (χ1) is 13.9. The predicted octanol–water partition coefficient (Wildman–Crippen LogP) is 6.49. The fraction of sp³-hybridized carbons (Fsp3) is 0.0400. The van der Waals surface area contributed by atoms with Crippen molar-refractivity contribution in [2.75, 3.05) is 0 Å². The minimum absolute atomic E-state index is 1.06. The topological polar surface area (TPSA) is 0 Å². The summed E-state index contributed by atoms with van der Waals surface area (Å²) in [7, 11) is 2.44. The van der Waals surface area contributed by atoms with E-state index < -0.39 is 7.26 Å². The monoisotopic (exact) mass is 516 g/mol. The first kappa shape index (κ1) is 21.0. The summed E-state index contributed by atoms with van der Waals surface area (Å²) in [6.07, 6.45) is 1.06. The zero-order valence-corrected chi connectivity index (χ0v) is 19.4. The SMILES string of the molecule is ClI.c1ccc(C[PH](c2ccccc2)(c2ccccc2)c2ccccc2)cc1. The van der Waals surface area contributed by atoms with Crippen molar-refractivity contribution in [1.82, 2.24) is 0 Å². The summed E-state index contributed by atoms with van der Waals surface area (Å²) < 4.78 is 0. The molecule has 142 valence electrons. The quantitative estimate of drug-likeness (QED) is 0.210. The molecule has 0 atom stereocenters. The van der Waals surface area contributed by atoms with E-state index in [-0.39, 0.29) is 0 Å². The second kappa shape index (κ2) is 10.8. The van der Waals surface area contributed by atoms with Gasteiger partial charge >= 0.3 is 156 Å². The van der Waals surface area contributed by atoms with E-state index in [0.717, 1.165) is 6.16 Å². The molecule has 0 spiro atoms. The molecule has 0 N–H and O–H groups in total. The third-order valence-corrected chi connectivity index (χ3v) is 10.0. The van der Waals surface area contributed by atoms with Gasteiger partial charge in [0.15, 0.2) is 0 Å². The van der Waals surface area contributed by atoms with Gasteiger partial charge in [-0.05, 0) is 8.91 Å². The minimum atomic E-state index is -2.16. The summed E-state index contributed by atoms with van der Waals surface area (Å²) >= 11 is 1.62. The molecule has 28 heavy (non-hydrogen) atoms. The Hall–Kier alpha value is -1.67. The van der Waals surface area contributed by atoms with Gasteiger partial charge in [-0.1, -0.05) is 0 Å². The summed E-state index contributed by atoms with van der Waals surface area (Å²) in [6.45, 7) is 0. The molecule has 4 aromatic carbocycles. The van der Waals surface area contributed by atoms with Gasteiger partial charge in [0.25, 0.3) is 0 Å². The zero-order chi connectivity index (χ0) is 19.7. The molecule has 0 nitrogen and oxygen atoms in total. The predicted molar refractivity (Wildman–Crippen MR) is 137 cm³/mol. The third kappa shape index (κ3) is 4.66. The molecule has 0 aromatic heterocycles. The molecule has 0 saturated heterocycles. The molecule has 0 amide bonds. The summed E-state index contributed by atoms with van der Waals surface area (Å²) in [4.78, 5) is 0. The Labute approximate surface area is 185 Å². The van der Waals surface area contributed by atoms with Crippen LogP contribution in [0.25, 0.3) is 0 Å². The Kier molecular flexibility index (Phi) is 8.09. The third-order valence-electron chi connectivity index (χ3n) is 5.11. The van der Waals surface area contributed by atoms with E-state index in [9.17, 15) is 0 Å². The van der Waals surface area contributed by atoms with Crippen molar-refractivity contribution in [3.05, 3.63) is 127 Å². The van der Waals surface area contributed by atoms with E-state index in [1.807, 2.05) is 0 Å². The standard InChI is InChI=1S/C25H23P.ClI/c1-5-13-22(14-6-1)21-26(23-15-7-2-8-16-23,24-17-9-3-10-18-24)25-19-11-4-12-20-25;1-2/h1-20,26H,21H2;. The van der Waals surface area contributed by atoms with Crippen LogP contribution >= 0.6 is 37.6 Å².